The molecule has 0 saturated heterocycles. The van der Waals surface area contributed by atoms with Gasteiger partial charge < -0.3 is 5.32 Å². The SMILES string of the molecule is Fc1cc(Cl)cc(NCc2cc(Cl)cs2)c1. The van der Waals surface area contributed by atoms with Crippen LogP contribution in [0.2, 0.25) is 10.0 Å². The predicted octanol–water partition coefficient (Wildman–Crippen LogP) is 4.81. The third-order valence-electron chi connectivity index (χ3n) is 1.95. The number of halogens is 3. The van der Waals surface area contributed by atoms with E-state index in [1.165, 1.54) is 12.1 Å². The lowest BCUT2D eigenvalue weighted by atomic mass is 10.3. The molecule has 2 aromatic rings. The topological polar surface area (TPSA) is 12.0 Å². The Kier molecular flexibility index (Phi) is 3.69. The summed E-state index contributed by atoms with van der Waals surface area (Å²) in [5, 5.41) is 6.04. The second-order valence-corrected chi connectivity index (χ2v) is 5.11. The highest BCUT2D eigenvalue weighted by molar-refractivity contribution is 7.10. The number of hydrogen-bond donors (Lipinski definition) is 1. The predicted molar refractivity (Wildman–Crippen MR) is 68.1 cm³/mol. The average Bonchev–Trinajstić information content (AvgIpc) is 2.60. The van der Waals surface area contributed by atoms with Gasteiger partial charge in [0.2, 0.25) is 0 Å². The number of hydrogen-bond acceptors (Lipinski definition) is 2. The average molecular weight is 276 g/mol. The van der Waals surface area contributed by atoms with Gasteiger partial charge in [0, 0.05) is 27.5 Å². The van der Waals surface area contributed by atoms with Crippen LogP contribution in [-0.2, 0) is 6.54 Å². The van der Waals surface area contributed by atoms with Crippen molar-refractivity contribution in [2.45, 2.75) is 6.54 Å². The van der Waals surface area contributed by atoms with Gasteiger partial charge in [-0.1, -0.05) is 23.2 Å². The van der Waals surface area contributed by atoms with Gasteiger partial charge in [-0.15, -0.1) is 11.3 Å². The van der Waals surface area contributed by atoms with Gasteiger partial charge in [-0.2, -0.15) is 0 Å². The third-order valence-corrected chi connectivity index (χ3v) is 3.45. The molecule has 0 aliphatic rings. The summed E-state index contributed by atoms with van der Waals surface area (Å²) >= 11 is 13.1. The molecule has 16 heavy (non-hydrogen) atoms. The van der Waals surface area contributed by atoms with Crippen LogP contribution in [0.4, 0.5) is 10.1 Å². The van der Waals surface area contributed by atoms with Crippen LogP contribution in [0, 0.1) is 5.82 Å². The smallest absolute Gasteiger partial charge is 0.126 e. The minimum absolute atomic E-state index is 0.348. The van der Waals surface area contributed by atoms with E-state index in [4.69, 9.17) is 23.2 Å². The van der Waals surface area contributed by atoms with Crippen LogP contribution in [-0.4, -0.2) is 0 Å². The summed E-state index contributed by atoms with van der Waals surface area (Å²) in [6.07, 6.45) is 0. The van der Waals surface area contributed by atoms with Gasteiger partial charge in [-0.3, -0.25) is 0 Å². The summed E-state index contributed by atoms with van der Waals surface area (Å²) in [5.74, 6) is -0.348. The minimum atomic E-state index is -0.348. The summed E-state index contributed by atoms with van der Waals surface area (Å²) in [6, 6.07) is 6.23. The van der Waals surface area contributed by atoms with Crippen molar-refractivity contribution in [3.8, 4) is 0 Å². The first-order valence-electron chi connectivity index (χ1n) is 4.56. The van der Waals surface area contributed by atoms with Gasteiger partial charge in [0.25, 0.3) is 0 Å². The Labute approximate surface area is 107 Å². The molecule has 0 radical (unpaired) electrons. The summed E-state index contributed by atoms with van der Waals surface area (Å²) < 4.78 is 13.0. The fourth-order valence-electron chi connectivity index (χ4n) is 1.29. The maximum atomic E-state index is 13.0. The highest BCUT2D eigenvalue weighted by Crippen LogP contribution is 2.22. The van der Waals surface area contributed by atoms with E-state index in [0.29, 0.717) is 17.3 Å². The van der Waals surface area contributed by atoms with Crippen molar-refractivity contribution in [2.24, 2.45) is 0 Å². The van der Waals surface area contributed by atoms with E-state index in [0.717, 1.165) is 9.90 Å². The summed E-state index contributed by atoms with van der Waals surface area (Å²) in [7, 11) is 0. The van der Waals surface area contributed by atoms with Crippen molar-refractivity contribution in [3.05, 3.63) is 50.4 Å². The summed E-state index contributed by atoms with van der Waals surface area (Å²) in [5.41, 5.74) is 0.662. The number of anilines is 1. The fraction of sp³-hybridized carbons (Fsp3) is 0.0909. The number of benzene rings is 1. The van der Waals surface area contributed by atoms with Crippen molar-refractivity contribution in [1.29, 1.82) is 0 Å². The summed E-state index contributed by atoms with van der Waals surface area (Å²) in [4.78, 5) is 1.09. The molecule has 0 aliphatic carbocycles. The lowest BCUT2D eigenvalue weighted by Crippen LogP contribution is -1.97. The van der Waals surface area contributed by atoms with Gasteiger partial charge in [-0.25, -0.2) is 4.39 Å². The maximum absolute atomic E-state index is 13.0. The molecule has 1 aromatic carbocycles. The number of thiophene rings is 1. The van der Waals surface area contributed by atoms with E-state index < -0.39 is 0 Å². The molecule has 1 nitrogen and oxygen atoms in total. The molecule has 0 amide bonds. The molecular formula is C11H8Cl2FNS. The van der Waals surface area contributed by atoms with Crippen molar-refractivity contribution in [2.75, 3.05) is 5.32 Å². The fourth-order valence-corrected chi connectivity index (χ4v) is 2.53. The molecule has 1 N–H and O–H groups in total. The van der Waals surface area contributed by atoms with Crippen molar-refractivity contribution in [1.82, 2.24) is 0 Å². The Balaban J connectivity index is 2.04. The minimum Gasteiger partial charge on any atom is -0.380 e. The first kappa shape index (κ1) is 11.7. The van der Waals surface area contributed by atoms with Crippen LogP contribution < -0.4 is 5.32 Å². The molecule has 84 valence electrons. The van der Waals surface area contributed by atoms with Crippen molar-refractivity contribution >= 4 is 40.2 Å². The molecule has 1 aromatic heterocycles. The maximum Gasteiger partial charge on any atom is 0.126 e. The molecule has 0 atom stereocenters. The Hall–Kier alpha value is -0.770. The normalized spacial score (nSPS) is 10.4. The molecule has 0 bridgehead atoms. The van der Waals surface area contributed by atoms with Crippen LogP contribution in [0.3, 0.4) is 0 Å². The van der Waals surface area contributed by atoms with Crippen molar-refractivity contribution in [3.63, 3.8) is 0 Å². The van der Waals surface area contributed by atoms with E-state index in [-0.39, 0.29) is 5.82 Å². The number of rotatable bonds is 3. The van der Waals surface area contributed by atoms with Gasteiger partial charge >= 0.3 is 0 Å². The van der Waals surface area contributed by atoms with E-state index in [1.807, 2.05) is 11.4 Å². The number of nitrogens with one attached hydrogen (secondary N) is 1. The Morgan fingerprint density at radius 2 is 1.94 bits per heavy atom. The van der Waals surface area contributed by atoms with E-state index in [9.17, 15) is 4.39 Å². The second kappa shape index (κ2) is 5.04. The summed E-state index contributed by atoms with van der Waals surface area (Å²) in [6.45, 7) is 0.608. The Morgan fingerprint density at radius 3 is 2.56 bits per heavy atom. The highest BCUT2D eigenvalue weighted by Gasteiger charge is 2.01. The first-order valence-corrected chi connectivity index (χ1v) is 6.20. The quantitative estimate of drug-likeness (QED) is 0.848. The molecule has 0 saturated carbocycles. The molecule has 5 heteroatoms. The zero-order valence-electron chi connectivity index (χ0n) is 8.14. The Morgan fingerprint density at radius 1 is 1.12 bits per heavy atom. The monoisotopic (exact) mass is 275 g/mol. The molecule has 1 heterocycles. The van der Waals surface area contributed by atoms with Crippen molar-refractivity contribution < 1.29 is 4.39 Å². The van der Waals surface area contributed by atoms with Gasteiger partial charge in [0.1, 0.15) is 5.82 Å². The van der Waals surface area contributed by atoms with Crippen LogP contribution in [0.5, 0.6) is 0 Å². The second-order valence-electron chi connectivity index (χ2n) is 3.24. The molecule has 0 spiro atoms. The zero-order valence-corrected chi connectivity index (χ0v) is 10.5. The van der Waals surface area contributed by atoms with Crippen LogP contribution in [0.1, 0.15) is 4.88 Å². The van der Waals surface area contributed by atoms with Crippen LogP contribution >= 0.6 is 34.5 Å². The lowest BCUT2D eigenvalue weighted by molar-refractivity contribution is 0.628. The third kappa shape index (κ3) is 3.11. The molecule has 0 aliphatic heterocycles. The van der Waals surface area contributed by atoms with E-state index >= 15 is 0 Å². The molecule has 0 fully saturated rings. The van der Waals surface area contributed by atoms with E-state index in [2.05, 4.69) is 5.32 Å². The molecular weight excluding hydrogens is 268 g/mol. The Bertz CT molecular complexity index is 478. The van der Waals surface area contributed by atoms with Gasteiger partial charge in [0.15, 0.2) is 0 Å². The lowest BCUT2D eigenvalue weighted by Gasteiger charge is -2.05. The molecule has 0 unspecified atom stereocenters. The van der Waals surface area contributed by atoms with Crippen LogP contribution in [0.15, 0.2) is 29.6 Å². The standard InChI is InChI=1S/C11H8Cl2FNS/c12-7-1-9(14)4-10(2-7)15-5-11-3-8(13)6-16-11/h1-4,6,15H,5H2. The van der Waals surface area contributed by atoms with Gasteiger partial charge in [0.05, 0.1) is 5.02 Å². The van der Waals surface area contributed by atoms with Gasteiger partial charge in [-0.05, 0) is 24.3 Å². The zero-order chi connectivity index (χ0) is 11.5. The highest BCUT2D eigenvalue weighted by atomic mass is 35.5. The van der Waals surface area contributed by atoms with E-state index in [1.54, 1.807) is 17.4 Å². The first-order chi connectivity index (χ1) is 7.63. The molecule has 2 rings (SSSR count). The van der Waals surface area contributed by atoms with Crippen LogP contribution in [0.25, 0.3) is 0 Å². The largest absolute Gasteiger partial charge is 0.380 e.